The molecule has 0 saturated carbocycles. The first-order valence-electron chi connectivity index (χ1n) is 8.84. The first-order valence-corrected chi connectivity index (χ1v) is 8.84. The summed E-state index contributed by atoms with van der Waals surface area (Å²) in [6, 6.07) is 5.53. The van der Waals surface area contributed by atoms with Gasteiger partial charge in [-0.1, -0.05) is 19.1 Å². The van der Waals surface area contributed by atoms with E-state index in [1.807, 2.05) is 12.4 Å². The second-order valence-electron chi connectivity index (χ2n) is 6.76. The molecule has 0 radical (unpaired) electrons. The molecule has 0 aliphatic carbocycles. The topological polar surface area (TPSA) is 21.1 Å². The van der Waals surface area contributed by atoms with Gasteiger partial charge >= 0.3 is 6.18 Å². The molecule has 3 nitrogen and oxygen atoms in total. The maximum atomic E-state index is 12.6. The Hall–Kier alpha value is -1.82. The van der Waals surface area contributed by atoms with E-state index in [-0.39, 0.29) is 0 Å². The van der Waals surface area contributed by atoms with E-state index in [0.717, 1.165) is 56.8 Å². The standard InChI is InChI=1S/C19H24F3N3/c1-2-18-23-9-12-25(18)14-16-7-10-24(11-8-16)13-15-3-5-17(6-4-15)19(20,21)22/h3-6,9,12,16H,2,7-8,10-11,13-14H2,1H3. The van der Waals surface area contributed by atoms with Crippen molar-refractivity contribution in [2.24, 2.45) is 5.92 Å². The summed E-state index contributed by atoms with van der Waals surface area (Å²) in [5, 5.41) is 0. The Morgan fingerprint density at radius 3 is 2.40 bits per heavy atom. The molecule has 6 heteroatoms. The smallest absolute Gasteiger partial charge is 0.335 e. The normalized spacial score (nSPS) is 17.1. The van der Waals surface area contributed by atoms with Crippen LogP contribution in [0.4, 0.5) is 13.2 Å². The number of benzene rings is 1. The lowest BCUT2D eigenvalue weighted by molar-refractivity contribution is -0.137. The molecule has 1 fully saturated rings. The molecule has 3 rings (SSSR count). The van der Waals surface area contributed by atoms with Crippen LogP contribution in [0, 0.1) is 5.92 Å². The number of likely N-dealkylation sites (tertiary alicyclic amines) is 1. The van der Waals surface area contributed by atoms with Crippen molar-refractivity contribution < 1.29 is 13.2 Å². The van der Waals surface area contributed by atoms with Crippen molar-refractivity contribution >= 4 is 0 Å². The van der Waals surface area contributed by atoms with Crippen molar-refractivity contribution in [1.82, 2.24) is 14.5 Å². The summed E-state index contributed by atoms with van der Waals surface area (Å²) in [5.41, 5.74) is 0.358. The molecular weight excluding hydrogens is 327 g/mol. The van der Waals surface area contributed by atoms with Crippen LogP contribution in [0.1, 0.15) is 36.7 Å². The zero-order valence-corrected chi connectivity index (χ0v) is 14.5. The Kier molecular flexibility index (Phi) is 5.47. The van der Waals surface area contributed by atoms with Gasteiger partial charge in [-0.3, -0.25) is 4.90 Å². The highest BCUT2D eigenvalue weighted by molar-refractivity contribution is 5.24. The van der Waals surface area contributed by atoms with Crippen LogP contribution in [0.15, 0.2) is 36.7 Å². The van der Waals surface area contributed by atoms with Crippen LogP contribution in [0.25, 0.3) is 0 Å². The molecule has 0 spiro atoms. The van der Waals surface area contributed by atoms with Crippen molar-refractivity contribution in [1.29, 1.82) is 0 Å². The lowest BCUT2D eigenvalue weighted by Crippen LogP contribution is -2.34. The number of imidazole rings is 1. The predicted molar refractivity (Wildman–Crippen MR) is 91.1 cm³/mol. The Bertz CT molecular complexity index is 668. The van der Waals surface area contributed by atoms with E-state index in [2.05, 4.69) is 21.4 Å². The Morgan fingerprint density at radius 1 is 1.12 bits per heavy atom. The molecule has 1 aromatic heterocycles. The van der Waals surface area contributed by atoms with Crippen molar-refractivity contribution in [3.05, 3.63) is 53.6 Å². The summed E-state index contributed by atoms with van der Waals surface area (Å²) in [4.78, 5) is 6.69. The second-order valence-corrected chi connectivity index (χ2v) is 6.76. The Balaban J connectivity index is 1.49. The fraction of sp³-hybridized carbons (Fsp3) is 0.526. The number of aromatic nitrogens is 2. The maximum absolute atomic E-state index is 12.6. The monoisotopic (exact) mass is 351 g/mol. The van der Waals surface area contributed by atoms with Gasteiger partial charge < -0.3 is 4.57 Å². The fourth-order valence-corrected chi connectivity index (χ4v) is 3.48. The third-order valence-electron chi connectivity index (χ3n) is 4.97. The van der Waals surface area contributed by atoms with Crippen LogP contribution in [0.5, 0.6) is 0 Å². The third kappa shape index (κ3) is 4.63. The van der Waals surface area contributed by atoms with E-state index in [0.29, 0.717) is 5.92 Å². The Morgan fingerprint density at radius 2 is 1.80 bits per heavy atom. The SMILES string of the molecule is CCc1nccn1CC1CCN(Cc2ccc(C(F)(F)F)cc2)CC1. The van der Waals surface area contributed by atoms with Crippen LogP contribution in [0.2, 0.25) is 0 Å². The molecule has 1 aliphatic heterocycles. The van der Waals surface area contributed by atoms with Gasteiger partial charge in [0, 0.05) is 31.9 Å². The summed E-state index contributed by atoms with van der Waals surface area (Å²) in [6.07, 6.45) is 2.82. The van der Waals surface area contributed by atoms with E-state index in [1.54, 1.807) is 12.1 Å². The molecule has 0 atom stereocenters. The zero-order valence-electron chi connectivity index (χ0n) is 14.5. The minimum absolute atomic E-state index is 0.581. The summed E-state index contributed by atoms with van der Waals surface area (Å²) in [5.74, 6) is 1.77. The van der Waals surface area contributed by atoms with Crippen molar-refractivity contribution in [2.45, 2.75) is 45.5 Å². The molecule has 2 aromatic rings. The van der Waals surface area contributed by atoms with Gasteiger partial charge in [0.25, 0.3) is 0 Å². The minimum atomic E-state index is -4.26. The molecule has 0 unspecified atom stereocenters. The lowest BCUT2D eigenvalue weighted by Gasteiger charge is -2.32. The maximum Gasteiger partial charge on any atom is 0.416 e. The average molecular weight is 351 g/mol. The molecule has 0 N–H and O–H groups in total. The van der Waals surface area contributed by atoms with E-state index in [4.69, 9.17) is 0 Å². The highest BCUT2D eigenvalue weighted by Crippen LogP contribution is 2.29. The molecule has 0 bridgehead atoms. The number of hydrogen-bond acceptors (Lipinski definition) is 2. The van der Waals surface area contributed by atoms with Crippen molar-refractivity contribution in [2.75, 3.05) is 13.1 Å². The zero-order chi connectivity index (χ0) is 17.9. The van der Waals surface area contributed by atoms with Crippen LogP contribution in [-0.2, 0) is 25.7 Å². The number of hydrogen-bond donors (Lipinski definition) is 0. The molecule has 1 saturated heterocycles. The van der Waals surface area contributed by atoms with Crippen LogP contribution in [0.3, 0.4) is 0 Å². The first kappa shape index (κ1) is 18.0. The number of aryl methyl sites for hydroxylation is 1. The van der Waals surface area contributed by atoms with Gasteiger partial charge in [-0.05, 0) is 49.5 Å². The predicted octanol–water partition coefficient (Wildman–Crippen LogP) is 4.38. The quantitative estimate of drug-likeness (QED) is 0.797. The number of nitrogens with zero attached hydrogens (tertiary/aromatic N) is 3. The summed E-state index contributed by atoms with van der Waals surface area (Å²) < 4.78 is 40.1. The van der Waals surface area contributed by atoms with E-state index in [9.17, 15) is 13.2 Å². The average Bonchev–Trinajstić information content (AvgIpc) is 3.03. The van der Waals surface area contributed by atoms with E-state index in [1.165, 1.54) is 12.1 Å². The molecule has 25 heavy (non-hydrogen) atoms. The molecule has 2 heterocycles. The van der Waals surface area contributed by atoms with Crippen LogP contribution >= 0.6 is 0 Å². The number of rotatable bonds is 5. The van der Waals surface area contributed by atoms with E-state index < -0.39 is 11.7 Å². The summed E-state index contributed by atoms with van der Waals surface area (Å²) in [6.45, 7) is 5.82. The van der Waals surface area contributed by atoms with Crippen molar-refractivity contribution in [3.63, 3.8) is 0 Å². The van der Waals surface area contributed by atoms with Crippen molar-refractivity contribution in [3.8, 4) is 0 Å². The van der Waals surface area contributed by atoms with Gasteiger partial charge in [-0.25, -0.2) is 4.98 Å². The number of piperidine rings is 1. The first-order chi connectivity index (χ1) is 12.0. The second kappa shape index (κ2) is 7.60. The van der Waals surface area contributed by atoms with Gasteiger partial charge in [0.1, 0.15) is 5.82 Å². The molecule has 1 aromatic carbocycles. The Labute approximate surface area is 146 Å². The number of alkyl halides is 3. The largest absolute Gasteiger partial charge is 0.416 e. The minimum Gasteiger partial charge on any atom is -0.335 e. The molecule has 136 valence electrons. The van der Waals surface area contributed by atoms with Gasteiger partial charge in [-0.15, -0.1) is 0 Å². The van der Waals surface area contributed by atoms with Gasteiger partial charge in [0.05, 0.1) is 5.56 Å². The highest BCUT2D eigenvalue weighted by Gasteiger charge is 2.30. The van der Waals surface area contributed by atoms with Gasteiger partial charge in [0.2, 0.25) is 0 Å². The highest BCUT2D eigenvalue weighted by atomic mass is 19.4. The fourth-order valence-electron chi connectivity index (χ4n) is 3.48. The van der Waals surface area contributed by atoms with Crippen LogP contribution in [-0.4, -0.2) is 27.5 Å². The summed E-state index contributed by atoms with van der Waals surface area (Å²) >= 11 is 0. The molecule has 1 aliphatic rings. The van der Waals surface area contributed by atoms with Gasteiger partial charge in [0.15, 0.2) is 0 Å². The third-order valence-corrected chi connectivity index (χ3v) is 4.97. The van der Waals surface area contributed by atoms with E-state index >= 15 is 0 Å². The number of halogens is 3. The molecular formula is C19H24F3N3. The summed E-state index contributed by atoms with van der Waals surface area (Å²) in [7, 11) is 0. The van der Waals surface area contributed by atoms with Gasteiger partial charge in [-0.2, -0.15) is 13.2 Å². The van der Waals surface area contributed by atoms with Crippen LogP contribution < -0.4 is 0 Å². The molecule has 0 amide bonds. The lowest BCUT2D eigenvalue weighted by atomic mass is 9.96.